The van der Waals surface area contributed by atoms with Gasteiger partial charge in [0.2, 0.25) is 0 Å². The molecular weight excluding hydrogens is 479 g/mol. The van der Waals surface area contributed by atoms with E-state index in [-0.39, 0.29) is 0 Å². The van der Waals surface area contributed by atoms with E-state index in [2.05, 4.69) is 49.8 Å². The van der Waals surface area contributed by atoms with Gasteiger partial charge in [0.05, 0.1) is 0 Å². The van der Waals surface area contributed by atoms with E-state index >= 15 is 0 Å². The summed E-state index contributed by atoms with van der Waals surface area (Å²) in [6.45, 7) is 4.09. The van der Waals surface area contributed by atoms with Crippen molar-refractivity contribution in [1.82, 2.24) is 5.32 Å². The third-order valence-electron chi connectivity index (χ3n) is 3.43. The van der Waals surface area contributed by atoms with Crippen molar-refractivity contribution in [2.24, 2.45) is 19.0 Å². The van der Waals surface area contributed by atoms with Crippen molar-refractivity contribution in [3.05, 3.63) is 59.7 Å². The number of hydrogen-bond acceptors (Lipinski definition) is 3. The van der Waals surface area contributed by atoms with Crippen LogP contribution >= 0.6 is 0 Å². The van der Waals surface area contributed by atoms with E-state index in [1.54, 1.807) is 0 Å². The summed E-state index contributed by atoms with van der Waals surface area (Å²) < 4.78 is 3.77. The van der Waals surface area contributed by atoms with Gasteiger partial charge in [0.1, 0.15) is 0 Å². The monoisotopic (exact) mass is 499 g/mol. The first-order chi connectivity index (χ1) is 11.3. The van der Waals surface area contributed by atoms with Crippen molar-refractivity contribution in [1.29, 1.82) is 0 Å². The Morgan fingerprint density at radius 2 is 1.87 bits per heavy atom. The van der Waals surface area contributed by atoms with Gasteiger partial charge < -0.3 is 0 Å². The predicted octanol–water partition coefficient (Wildman–Crippen LogP) is 3.01. The van der Waals surface area contributed by atoms with Gasteiger partial charge in [-0.1, -0.05) is 6.92 Å². The molecule has 0 aliphatic rings. The molecule has 0 spiro atoms. The Hall–Kier alpha value is -1.61. The summed E-state index contributed by atoms with van der Waals surface area (Å²) in [6, 6.07) is 16.5. The zero-order valence-corrected chi connectivity index (χ0v) is 17.7. The molecule has 3 N–H and O–H groups in total. The van der Waals surface area contributed by atoms with Gasteiger partial charge in [-0.15, -0.1) is 0 Å². The molecule has 0 amide bonds. The minimum atomic E-state index is 0.388. The molecule has 0 atom stereocenters. The van der Waals surface area contributed by atoms with E-state index < -0.39 is 0 Å². The van der Waals surface area contributed by atoms with Crippen LogP contribution in [0.2, 0.25) is 0 Å². The van der Waals surface area contributed by atoms with Crippen LogP contribution in [-0.2, 0) is 6.54 Å². The summed E-state index contributed by atoms with van der Waals surface area (Å²) in [7, 11) is 0. The zero-order valence-electron chi connectivity index (χ0n) is 13.2. The quantitative estimate of drug-likeness (QED) is 0.154. The Morgan fingerprint density at radius 1 is 1.13 bits per heavy atom. The summed E-state index contributed by atoms with van der Waals surface area (Å²) in [4.78, 5) is 0. The molecule has 0 saturated carbocycles. The van der Waals surface area contributed by atoms with Gasteiger partial charge in [-0.05, 0) is 13.0 Å². The van der Waals surface area contributed by atoms with E-state index in [4.69, 9.17) is 5.73 Å². The van der Waals surface area contributed by atoms with Crippen molar-refractivity contribution in [3.63, 3.8) is 0 Å². The van der Waals surface area contributed by atoms with E-state index in [1.807, 2.05) is 24.3 Å². The van der Waals surface area contributed by atoms with Gasteiger partial charge in [-0.25, -0.2) is 0 Å². The predicted molar refractivity (Wildman–Crippen MR) is 95.2 cm³/mol. The molecule has 0 radical (unpaired) electrons. The molecule has 5 nitrogen and oxygen atoms in total. The van der Waals surface area contributed by atoms with Gasteiger partial charge in [-0.2, -0.15) is 0 Å². The molecule has 2 aromatic rings. The number of hydrogen-bond donors (Lipinski definition) is 2. The Morgan fingerprint density at radius 3 is 2.57 bits per heavy atom. The molecule has 23 heavy (non-hydrogen) atoms. The van der Waals surface area contributed by atoms with Crippen molar-refractivity contribution in [2.45, 2.75) is 19.9 Å². The maximum atomic E-state index is 6.03. The summed E-state index contributed by atoms with van der Waals surface area (Å²) in [5.41, 5.74) is 10.3. The Bertz CT molecular complexity index is 680. The number of benzene rings is 2. The molecule has 0 bridgehead atoms. The topological polar surface area (TPSA) is 75.1 Å². The molecule has 6 heteroatoms. The van der Waals surface area contributed by atoms with Gasteiger partial charge in [0.15, 0.2) is 0 Å². The van der Waals surface area contributed by atoms with Crippen LogP contribution in [0.5, 0.6) is 0 Å². The zero-order chi connectivity index (χ0) is 16.5. The molecule has 0 aliphatic heterocycles. The van der Waals surface area contributed by atoms with Crippen molar-refractivity contribution >= 4 is 31.9 Å². The van der Waals surface area contributed by atoms with Gasteiger partial charge >= 0.3 is 134 Å². The van der Waals surface area contributed by atoms with Crippen LogP contribution in [0.1, 0.15) is 24.5 Å². The molecule has 2 aromatic carbocycles. The fraction of sp³-hybridized carbons (Fsp3) is 0.235. The molecule has 2 rings (SSSR count). The summed E-state index contributed by atoms with van der Waals surface area (Å²) in [5.74, 6) is 0.388. The molecule has 0 heterocycles. The standard InChI is InChI=1S/C17H20N5.Tl/c1-2-11-20-12-13-7-9-14(10-8-13)15-5-3-4-6-16(15)17(18)21-22-19;/h3-10,20H,2,11-12H2,1H3,(H2-,18,19,21);/q-1;+1. The van der Waals surface area contributed by atoms with Crippen LogP contribution in [0.25, 0.3) is 11.1 Å². The van der Waals surface area contributed by atoms with Crippen molar-refractivity contribution in [3.8, 4) is 11.1 Å². The molecule has 0 aromatic heterocycles. The Kier molecular flexibility index (Phi) is 7.34. The first kappa shape index (κ1) is 17.7. The molecule has 0 saturated heterocycles. The van der Waals surface area contributed by atoms with Crippen LogP contribution in [0, 0.1) is 0 Å². The first-order valence-electron chi connectivity index (χ1n) is 7.59. The van der Waals surface area contributed by atoms with Gasteiger partial charge in [-0.3, -0.25) is 0 Å². The average molecular weight is 499 g/mol. The minimum absolute atomic E-state index is 0.388. The molecule has 116 valence electrons. The molecular formula is C17H20N5Tl. The summed E-state index contributed by atoms with van der Waals surface area (Å²) in [5, 5.41) is 11.0. The Labute approximate surface area is 153 Å². The SMILES string of the molecule is CCCNCc1ccc(-c2ccccc2/C(N)=N/N=[N]/[Tl])cc1. The van der Waals surface area contributed by atoms with E-state index in [0.717, 1.165) is 36.2 Å². The van der Waals surface area contributed by atoms with E-state index in [1.165, 1.54) is 5.56 Å². The second kappa shape index (κ2) is 9.51. The molecule has 0 aliphatic carbocycles. The van der Waals surface area contributed by atoms with Crippen LogP contribution in [0.15, 0.2) is 61.8 Å². The Balaban J connectivity index is 2.25. The molecule has 0 unspecified atom stereocenters. The van der Waals surface area contributed by atoms with Crippen molar-refractivity contribution in [2.75, 3.05) is 6.54 Å². The average Bonchev–Trinajstić information content (AvgIpc) is 2.60. The third-order valence-corrected chi connectivity index (χ3v) is 3.83. The van der Waals surface area contributed by atoms with Crippen LogP contribution in [0.3, 0.4) is 0 Å². The van der Waals surface area contributed by atoms with Crippen LogP contribution in [-0.4, -0.2) is 38.4 Å². The number of nitrogens with one attached hydrogen (secondary N) is 1. The number of nitrogens with zero attached hydrogens (tertiary/aromatic N) is 3. The first-order valence-corrected chi connectivity index (χ1v) is 9.59. The van der Waals surface area contributed by atoms with Crippen molar-refractivity contribution < 1.29 is 0 Å². The van der Waals surface area contributed by atoms with Crippen LogP contribution < -0.4 is 11.1 Å². The van der Waals surface area contributed by atoms with E-state index in [9.17, 15) is 0 Å². The van der Waals surface area contributed by atoms with E-state index in [0.29, 0.717) is 31.9 Å². The normalized spacial score (nSPS) is 11.9. The number of nitrogens with two attached hydrogens (primary N) is 1. The third kappa shape index (κ3) is 5.21. The van der Waals surface area contributed by atoms with Gasteiger partial charge in [0, 0.05) is 0 Å². The summed E-state index contributed by atoms with van der Waals surface area (Å²) >= 11 is 0.431. The molecule has 0 fully saturated rings. The maximum absolute atomic E-state index is 6.03. The number of rotatable bonds is 7. The second-order valence-electron chi connectivity index (χ2n) is 5.11. The fourth-order valence-electron chi connectivity index (χ4n) is 2.30. The van der Waals surface area contributed by atoms with Crippen LogP contribution in [0.4, 0.5) is 0 Å². The second-order valence-corrected chi connectivity index (χ2v) is 6.01. The fourth-order valence-corrected chi connectivity index (χ4v) is 2.50. The summed E-state index contributed by atoms with van der Waals surface area (Å²) in [6.07, 6.45) is 1.14. The number of amidine groups is 1. The van der Waals surface area contributed by atoms with Gasteiger partial charge in [0.25, 0.3) is 0 Å².